The Morgan fingerprint density at radius 1 is 1.37 bits per heavy atom. The Morgan fingerprint density at radius 3 is 2.70 bits per heavy atom. The van der Waals surface area contributed by atoms with Crippen molar-refractivity contribution >= 4 is 35.0 Å². The number of hydrogen-bond acceptors (Lipinski definition) is 7. The van der Waals surface area contributed by atoms with Gasteiger partial charge in [-0.3, -0.25) is 9.78 Å². The lowest BCUT2D eigenvalue weighted by atomic mass is 9.79. The van der Waals surface area contributed by atoms with Crippen molar-refractivity contribution in [3.63, 3.8) is 0 Å². The molecule has 0 saturated carbocycles. The second-order valence-electron chi connectivity index (χ2n) is 6.61. The first kappa shape index (κ1) is 18.1. The lowest BCUT2D eigenvalue weighted by Crippen LogP contribution is -2.63. The monoisotopic (exact) mass is 403 g/mol. The van der Waals surface area contributed by atoms with Gasteiger partial charge < -0.3 is 15.1 Å². The molecule has 1 saturated heterocycles. The second-order valence-corrected chi connectivity index (χ2v) is 8.76. The van der Waals surface area contributed by atoms with Crippen LogP contribution in [-0.2, 0) is 9.59 Å². The summed E-state index contributed by atoms with van der Waals surface area (Å²) in [6.45, 7) is 3.47. The van der Waals surface area contributed by atoms with E-state index in [-0.39, 0.29) is 23.6 Å². The zero-order valence-corrected chi connectivity index (χ0v) is 16.2. The van der Waals surface area contributed by atoms with Crippen molar-refractivity contribution in [3.8, 4) is 11.3 Å². The number of thiazole rings is 1. The van der Waals surface area contributed by atoms with Gasteiger partial charge in [-0.05, 0) is 19.1 Å². The molecule has 9 heteroatoms. The van der Waals surface area contributed by atoms with Gasteiger partial charge in [-0.25, -0.2) is 9.78 Å². The number of carbonyl (C=O) groups is 2. The van der Waals surface area contributed by atoms with E-state index in [4.69, 9.17) is 0 Å². The molecule has 7 nitrogen and oxygen atoms in total. The Bertz CT molecular complexity index is 941. The van der Waals surface area contributed by atoms with Crippen LogP contribution in [0.3, 0.4) is 0 Å². The molecule has 4 heterocycles. The summed E-state index contributed by atoms with van der Waals surface area (Å²) >= 11 is 2.72. The zero-order chi connectivity index (χ0) is 19.3. The third-order valence-corrected chi connectivity index (χ3v) is 7.19. The summed E-state index contributed by atoms with van der Waals surface area (Å²) in [6.07, 6.45) is 2.58. The number of carboxylic acids is 1. The highest BCUT2D eigenvalue weighted by Crippen LogP contribution is 2.52. The van der Waals surface area contributed by atoms with Gasteiger partial charge in [0.25, 0.3) is 0 Å². The van der Waals surface area contributed by atoms with Crippen LogP contribution in [0.15, 0.2) is 44.8 Å². The number of aliphatic hydroxyl groups is 1. The predicted octanol–water partition coefficient (Wildman–Crippen LogP) is 2.45. The molecule has 4 rings (SSSR count). The van der Waals surface area contributed by atoms with E-state index < -0.39 is 18.0 Å². The quantitative estimate of drug-likeness (QED) is 0.739. The first-order valence-electron chi connectivity index (χ1n) is 8.42. The third kappa shape index (κ3) is 2.86. The van der Waals surface area contributed by atoms with E-state index >= 15 is 0 Å². The van der Waals surface area contributed by atoms with Crippen molar-refractivity contribution in [2.75, 3.05) is 0 Å². The van der Waals surface area contributed by atoms with Crippen molar-refractivity contribution in [1.82, 2.24) is 14.9 Å². The number of aliphatic hydroxyl groups excluding tert-OH is 1. The molecule has 2 N–H and O–H groups in total. The lowest BCUT2D eigenvalue weighted by Gasteiger charge is -2.46. The maximum absolute atomic E-state index is 12.4. The van der Waals surface area contributed by atoms with Gasteiger partial charge in [0.15, 0.2) is 4.34 Å². The van der Waals surface area contributed by atoms with E-state index in [9.17, 15) is 19.8 Å². The first-order chi connectivity index (χ1) is 12.9. The number of pyridine rings is 1. The topological polar surface area (TPSA) is 104 Å². The maximum Gasteiger partial charge on any atom is 0.353 e. The van der Waals surface area contributed by atoms with E-state index in [0.717, 1.165) is 11.3 Å². The van der Waals surface area contributed by atoms with Crippen LogP contribution in [0, 0.1) is 11.8 Å². The van der Waals surface area contributed by atoms with Gasteiger partial charge in [0, 0.05) is 34.2 Å². The normalized spacial score (nSPS) is 25.4. The molecule has 0 aromatic carbocycles. The molecule has 0 spiro atoms. The van der Waals surface area contributed by atoms with Crippen LogP contribution < -0.4 is 0 Å². The number of aliphatic carboxylic acids is 1. The molecular formula is C18H17N3O4S2. The van der Waals surface area contributed by atoms with Gasteiger partial charge in [-0.2, -0.15) is 0 Å². The fraction of sp³-hybridized carbons (Fsp3) is 0.333. The van der Waals surface area contributed by atoms with Gasteiger partial charge in [0.2, 0.25) is 5.91 Å². The van der Waals surface area contributed by atoms with Crippen molar-refractivity contribution in [2.45, 2.75) is 30.3 Å². The van der Waals surface area contributed by atoms with E-state index in [2.05, 4.69) is 9.97 Å². The molecule has 1 amide bonds. The Morgan fingerprint density at radius 2 is 2.07 bits per heavy atom. The molecule has 1 fully saturated rings. The lowest BCUT2D eigenvalue weighted by molar-refractivity contribution is -0.163. The molecule has 0 bridgehead atoms. The molecule has 2 aromatic heterocycles. The Hall–Kier alpha value is -2.23. The fourth-order valence-corrected chi connectivity index (χ4v) is 5.81. The van der Waals surface area contributed by atoms with Crippen LogP contribution in [0.5, 0.6) is 0 Å². The van der Waals surface area contributed by atoms with Gasteiger partial charge in [-0.1, -0.05) is 18.7 Å². The third-order valence-electron chi connectivity index (χ3n) is 4.97. The number of amides is 1. The molecule has 0 radical (unpaired) electrons. The number of thioether (sulfide) groups is 1. The van der Waals surface area contributed by atoms with Crippen molar-refractivity contribution < 1.29 is 19.8 Å². The highest BCUT2D eigenvalue weighted by molar-refractivity contribution is 8.04. The number of fused-ring (bicyclic) bond motifs is 1. The Labute approximate surface area is 163 Å². The standard InChI is InChI=1S/C18H17N3O4S2/c1-8-13-12(9(2)22)16(23)21(13)14(17(24)25)15(8)27-18-20-11(7-26-18)10-3-5-19-6-4-10/h3-9,12-13,22H,1-2H3,(H,24,25)/t8-,9-,12-,13-/m1/s1. The fourth-order valence-electron chi connectivity index (χ4n) is 3.71. The molecule has 2 aliphatic rings. The Kier molecular flexibility index (Phi) is 4.53. The van der Waals surface area contributed by atoms with Gasteiger partial charge >= 0.3 is 5.97 Å². The Balaban J connectivity index is 1.64. The summed E-state index contributed by atoms with van der Waals surface area (Å²) in [5.41, 5.74) is 1.75. The van der Waals surface area contributed by atoms with Crippen LogP contribution in [-0.4, -0.2) is 49.1 Å². The van der Waals surface area contributed by atoms with Crippen LogP contribution in [0.4, 0.5) is 0 Å². The average molecular weight is 403 g/mol. The summed E-state index contributed by atoms with van der Waals surface area (Å²) in [7, 11) is 0. The molecule has 2 aromatic rings. The van der Waals surface area contributed by atoms with Crippen LogP contribution in [0.2, 0.25) is 0 Å². The number of hydrogen-bond donors (Lipinski definition) is 2. The smallest absolute Gasteiger partial charge is 0.353 e. The van der Waals surface area contributed by atoms with E-state index in [0.29, 0.717) is 9.24 Å². The number of β-lactam (4-membered cyclic amide) rings is 1. The number of nitrogens with zero attached hydrogens (tertiary/aromatic N) is 3. The SMILES string of the molecule is C[C@@H](O)[C@H]1C(=O)N2C(C(=O)O)=C(Sc3nc(-c4ccncc4)cs3)[C@H](C)[C@H]12. The minimum atomic E-state index is -1.13. The summed E-state index contributed by atoms with van der Waals surface area (Å²) in [5.74, 6) is -2.19. The first-order valence-corrected chi connectivity index (χ1v) is 10.1. The molecule has 0 aliphatic carbocycles. The molecule has 2 aliphatic heterocycles. The zero-order valence-electron chi connectivity index (χ0n) is 14.6. The maximum atomic E-state index is 12.4. The molecule has 27 heavy (non-hydrogen) atoms. The van der Waals surface area contributed by atoms with Crippen molar-refractivity contribution in [3.05, 3.63) is 40.5 Å². The average Bonchev–Trinajstić information content (AvgIpc) is 3.18. The van der Waals surface area contributed by atoms with Gasteiger partial charge in [0.05, 0.1) is 23.8 Å². The van der Waals surface area contributed by atoms with E-state index in [1.54, 1.807) is 19.3 Å². The van der Waals surface area contributed by atoms with Crippen molar-refractivity contribution in [1.29, 1.82) is 0 Å². The van der Waals surface area contributed by atoms with E-state index in [1.165, 1.54) is 28.0 Å². The summed E-state index contributed by atoms with van der Waals surface area (Å²) in [6, 6.07) is 3.41. The van der Waals surface area contributed by atoms with Crippen LogP contribution >= 0.6 is 23.1 Å². The highest BCUT2D eigenvalue weighted by Gasteiger charge is 2.60. The summed E-state index contributed by atoms with van der Waals surface area (Å²) in [5, 5.41) is 21.5. The largest absolute Gasteiger partial charge is 0.477 e. The minimum Gasteiger partial charge on any atom is -0.477 e. The van der Waals surface area contributed by atoms with Gasteiger partial charge in [-0.15, -0.1) is 11.3 Å². The molecule has 4 atom stereocenters. The molecular weight excluding hydrogens is 386 g/mol. The number of carboxylic acid groups (broad SMARTS) is 1. The summed E-state index contributed by atoms with van der Waals surface area (Å²) in [4.78, 5) is 34.7. The molecule has 140 valence electrons. The predicted molar refractivity (Wildman–Crippen MR) is 101 cm³/mol. The number of aromatic nitrogens is 2. The number of carbonyl (C=O) groups excluding carboxylic acids is 1. The minimum absolute atomic E-state index is 0.0139. The molecule has 0 unspecified atom stereocenters. The van der Waals surface area contributed by atoms with Crippen LogP contribution in [0.1, 0.15) is 13.8 Å². The van der Waals surface area contributed by atoms with Crippen LogP contribution in [0.25, 0.3) is 11.3 Å². The number of rotatable bonds is 5. The van der Waals surface area contributed by atoms with E-state index in [1.807, 2.05) is 24.4 Å². The highest BCUT2D eigenvalue weighted by atomic mass is 32.2. The second kappa shape index (κ2) is 6.74. The summed E-state index contributed by atoms with van der Waals surface area (Å²) < 4.78 is 0.714. The van der Waals surface area contributed by atoms with Gasteiger partial charge in [0.1, 0.15) is 5.70 Å². The van der Waals surface area contributed by atoms with Crippen molar-refractivity contribution in [2.24, 2.45) is 11.8 Å².